The van der Waals surface area contributed by atoms with Crippen LogP contribution >= 0.6 is 22.7 Å². The minimum absolute atomic E-state index is 0. The van der Waals surface area contributed by atoms with E-state index in [-0.39, 0.29) is 26.5 Å². The number of hydrogen-bond donors (Lipinski definition) is 0. The van der Waals surface area contributed by atoms with Gasteiger partial charge in [-0.15, -0.1) is 41.3 Å². The Hall–Kier alpha value is -3.18. The number of hydrogen-bond acceptors (Lipinski definition) is 6. The molecule has 0 fully saturated rings. The van der Waals surface area contributed by atoms with Crippen LogP contribution < -0.4 is 9.64 Å². The van der Waals surface area contributed by atoms with Gasteiger partial charge in [0.1, 0.15) is 5.06 Å². The standard InChI is InChI=1S/C33H26N3OS2.Pt/c1-33(2,3)23-8-10-34-28(16-23)32-26-18-29-21(9-13-38-29)14-22(26)15-30-27(32)19-31(39-30)37-25-7-5-6-24(17-25)36-12-11-35(4)20-36;/h5-16,18,20H,1-4H3;/q-3;/i4D3;. The van der Waals surface area contributed by atoms with Crippen LogP contribution in [0.5, 0.6) is 10.8 Å². The Labute approximate surface area is 261 Å². The van der Waals surface area contributed by atoms with Crippen LogP contribution in [0.4, 0.5) is 5.69 Å². The zero-order valence-electron chi connectivity index (χ0n) is 25.0. The van der Waals surface area contributed by atoms with Crippen LogP contribution in [0.15, 0.2) is 78.6 Å². The summed E-state index contributed by atoms with van der Waals surface area (Å²) in [6, 6.07) is 25.5. The SMILES string of the molecule is [2H]C([2H])([2H])N1C=CN(c2[c-]c(Oc3[c-]c4c(-c5cc(C(C)(C)C)ccn5)c5cc6sccc6cc5cc4s3)ccc2)[CH-]1.[Pt]. The van der Waals surface area contributed by atoms with Gasteiger partial charge in [-0.05, 0) is 76.8 Å². The van der Waals surface area contributed by atoms with Crippen molar-refractivity contribution in [2.45, 2.75) is 26.2 Å². The van der Waals surface area contributed by atoms with E-state index >= 15 is 0 Å². The Morgan fingerprint density at radius 2 is 1.90 bits per heavy atom. The molecule has 4 heterocycles. The van der Waals surface area contributed by atoms with Crippen molar-refractivity contribution in [2.75, 3.05) is 11.9 Å². The number of thiophene rings is 2. The van der Waals surface area contributed by atoms with Crippen molar-refractivity contribution in [2.24, 2.45) is 0 Å². The molecule has 40 heavy (non-hydrogen) atoms. The van der Waals surface area contributed by atoms with Gasteiger partial charge in [0.2, 0.25) is 0 Å². The summed E-state index contributed by atoms with van der Waals surface area (Å²) in [5, 5.41) is 7.23. The van der Waals surface area contributed by atoms with Crippen molar-refractivity contribution in [3.8, 4) is 22.1 Å². The van der Waals surface area contributed by atoms with Gasteiger partial charge in [0.15, 0.2) is 0 Å². The summed E-state index contributed by atoms with van der Waals surface area (Å²) in [5.74, 6) is 0.518. The molecule has 0 spiro atoms. The van der Waals surface area contributed by atoms with E-state index in [1.54, 1.807) is 22.4 Å². The van der Waals surface area contributed by atoms with Crippen LogP contribution in [0, 0.1) is 18.8 Å². The third-order valence-corrected chi connectivity index (χ3v) is 8.65. The minimum atomic E-state index is -2.25. The molecule has 0 radical (unpaired) electrons. The van der Waals surface area contributed by atoms with Gasteiger partial charge < -0.3 is 14.5 Å². The Morgan fingerprint density at radius 1 is 1.00 bits per heavy atom. The summed E-state index contributed by atoms with van der Waals surface area (Å²) >= 11 is 3.27. The molecule has 7 heteroatoms. The maximum absolute atomic E-state index is 7.64. The molecule has 0 saturated carbocycles. The number of ether oxygens (including phenoxy) is 1. The molecule has 3 aromatic heterocycles. The van der Waals surface area contributed by atoms with Crippen LogP contribution in [0.1, 0.15) is 30.4 Å². The van der Waals surface area contributed by atoms with Gasteiger partial charge in [-0.25, -0.2) is 0 Å². The number of rotatable bonds is 4. The van der Waals surface area contributed by atoms with Gasteiger partial charge in [0, 0.05) is 47.5 Å². The van der Waals surface area contributed by atoms with E-state index in [2.05, 4.69) is 74.7 Å². The van der Waals surface area contributed by atoms with E-state index in [1.807, 2.05) is 24.4 Å². The van der Waals surface area contributed by atoms with Crippen molar-refractivity contribution >= 4 is 59.3 Å². The second kappa shape index (κ2) is 10.3. The topological polar surface area (TPSA) is 28.6 Å². The summed E-state index contributed by atoms with van der Waals surface area (Å²) < 4.78 is 31.5. The van der Waals surface area contributed by atoms with Gasteiger partial charge in [-0.3, -0.25) is 4.98 Å². The average Bonchev–Trinajstić information content (AvgIpc) is 3.69. The summed E-state index contributed by atoms with van der Waals surface area (Å²) in [5.41, 5.74) is 3.84. The Bertz CT molecular complexity index is 2010. The van der Waals surface area contributed by atoms with Crippen LogP contribution in [0.3, 0.4) is 0 Å². The molecule has 4 nitrogen and oxygen atoms in total. The molecule has 0 unspecified atom stereocenters. The van der Waals surface area contributed by atoms with E-state index in [4.69, 9.17) is 13.8 Å². The Morgan fingerprint density at radius 3 is 2.73 bits per heavy atom. The molecule has 7 rings (SSSR count). The van der Waals surface area contributed by atoms with Crippen molar-refractivity contribution in [3.63, 3.8) is 0 Å². The Kier molecular flexibility index (Phi) is 6.08. The number of fused-ring (bicyclic) bond motifs is 3. The zero-order chi connectivity index (χ0) is 29.2. The largest absolute Gasteiger partial charge is 0.510 e. The fourth-order valence-electron chi connectivity index (χ4n) is 4.86. The molecule has 204 valence electrons. The van der Waals surface area contributed by atoms with Crippen molar-refractivity contribution in [3.05, 3.63) is 103 Å². The molecule has 1 aliphatic rings. The molecule has 0 atom stereocenters. The second-order valence-electron chi connectivity index (χ2n) is 10.6. The summed E-state index contributed by atoms with van der Waals surface area (Å²) in [7, 11) is 0. The monoisotopic (exact) mass is 742 g/mol. The number of pyridine rings is 1. The molecule has 0 amide bonds. The van der Waals surface area contributed by atoms with E-state index in [0.717, 1.165) is 32.1 Å². The smallest absolute Gasteiger partial charge is 0.107 e. The van der Waals surface area contributed by atoms with E-state index in [9.17, 15) is 0 Å². The maximum atomic E-state index is 7.64. The third-order valence-electron chi connectivity index (χ3n) is 6.86. The molecule has 3 aromatic carbocycles. The molecule has 6 aromatic rings. The minimum Gasteiger partial charge on any atom is -0.510 e. The van der Waals surface area contributed by atoms with Crippen molar-refractivity contribution < 1.29 is 29.9 Å². The quantitative estimate of drug-likeness (QED) is 0.169. The number of nitrogens with zero attached hydrogens (tertiary/aromatic N) is 3. The first-order valence-corrected chi connectivity index (χ1v) is 14.3. The maximum Gasteiger partial charge on any atom is 0.107 e. The van der Waals surface area contributed by atoms with Gasteiger partial charge >= 0.3 is 0 Å². The predicted octanol–water partition coefficient (Wildman–Crippen LogP) is 9.36. The molecular weight excluding hydrogens is 714 g/mol. The summed E-state index contributed by atoms with van der Waals surface area (Å²) in [6.07, 6.45) is 5.10. The molecule has 0 N–H and O–H groups in total. The van der Waals surface area contributed by atoms with Crippen LogP contribution in [0.2, 0.25) is 0 Å². The molecule has 0 saturated heterocycles. The fourth-order valence-corrected chi connectivity index (χ4v) is 6.59. The molecule has 1 aliphatic heterocycles. The number of aromatic nitrogens is 1. The predicted molar refractivity (Wildman–Crippen MR) is 165 cm³/mol. The Balaban J connectivity index is 0.00000329. The van der Waals surface area contributed by atoms with Crippen LogP contribution in [-0.2, 0) is 26.5 Å². The molecule has 0 aliphatic carbocycles. The zero-order valence-corrected chi connectivity index (χ0v) is 25.9. The second-order valence-corrected chi connectivity index (χ2v) is 12.5. The first kappa shape index (κ1) is 23.5. The fraction of sp³-hybridized carbons (Fsp3) is 0.152. The third kappa shape index (κ3) is 4.94. The van der Waals surface area contributed by atoms with E-state index in [0.29, 0.717) is 16.5 Å². The van der Waals surface area contributed by atoms with Crippen LogP contribution in [-0.4, -0.2) is 16.9 Å². The van der Waals surface area contributed by atoms with Crippen molar-refractivity contribution in [1.29, 1.82) is 0 Å². The van der Waals surface area contributed by atoms with E-state index in [1.165, 1.54) is 44.8 Å². The van der Waals surface area contributed by atoms with E-state index < -0.39 is 6.98 Å². The van der Waals surface area contributed by atoms with Gasteiger partial charge in [0.05, 0.1) is 0 Å². The van der Waals surface area contributed by atoms with Crippen LogP contribution in [0.25, 0.3) is 42.2 Å². The van der Waals surface area contributed by atoms with Gasteiger partial charge in [-0.1, -0.05) is 42.5 Å². The van der Waals surface area contributed by atoms with Gasteiger partial charge in [0.25, 0.3) is 0 Å². The summed E-state index contributed by atoms with van der Waals surface area (Å²) in [6.45, 7) is 5.91. The first-order valence-electron chi connectivity index (χ1n) is 14.1. The number of anilines is 1. The average molecular weight is 743 g/mol. The normalized spacial score (nSPS) is 14.9. The number of benzene rings is 3. The van der Waals surface area contributed by atoms with Crippen molar-refractivity contribution in [1.82, 2.24) is 9.88 Å². The molecular formula is C33H26N3OPtS2-3. The first-order chi connectivity index (χ1) is 20.0. The summed E-state index contributed by atoms with van der Waals surface area (Å²) in [4.78, 5) is 7.74. The van der Waals surface area contributed by atoms with Gasteiger partial charge in [-0.2, -0.15) is 29.5 Å². The molecule has 0 bridgehead atoms.